The molecule has 8 heteroatoms. The van der Waals surface area contributed by atoms with Gasteiger partial charge in [0.15, 0.2) is 0 Å². The van der Waals surface area contributed by atoms with Crippen molar-refractivity contribution >= 4 is 17.7 Å². The van der Waals surface area contributed by atoms with Crippen LogP contribution in [0.15, 0.2) is 48.5 Å². The number of rotatable bonds is 9. The van der Waals surface area contributed by atoms with Crippen LogP contribution in [0.3, 0.4) is 0 Å². The minimum atomic E-state index is -1.05. The lowest BCUT2D eigenvalue weighted by Gasteiger charge is -2.22. The third-order valence-electron chi connectivity index (χ3n) is 4.33. The summed E-state index contributed by atoms with van der Waals surface area (Å²) < 4.78 is 19.1. The third kappa shape index (κ3) is 6.60. The van der Waals surface area contributed by atoms with Gasteiger partial charge in [-0.25, -0.2) is 4.39 Å². The van der Waals surface area contributed by atoms with Gasteiger partial charge in [0.2, 0.25) is 17.7 Å². The molecule has 0 unspecified atom stereocenters. The molecular weight excluding hydrogens is 377 g/mol. The van der Waals surface area contributed by atoms with Crippen LogP contribution in [0, 0.1) is 5.82 Å². The van der Waals surface area contributed by atoms with E-state index < -0.39 is 35.6 Å². The molecule has 29 heavy (non-hydrogen) atoms. The Bertz CT molecular complexity index is 870. The van der Waals surface area contributed by atoms with Gasteiger partial charge in [-0.3, -0.25) is 14.4 Å². The lowest BCUT2D eigenvalue weighted by Crippen LogP contribution is -2.54. The van der Waals surface area contributed by atoms with Crippen LogP contribution in [-0.4, -0.2) is 36.9 Å². The zero-order valence-electron chi connectivity index (χ0n) is 16.3. The highest BCUT2D eigenvalue weighted by molar-refractivity contribution is 5.91. The van der Waals surface area contributed by atoms with Crippen LogP contribution >= 0.6 is 0 Å². The Labute approximate surface area is 168 Å². The van der Waals surface area contributed by atoms with Crippen LogP contribution in [0.1, 0.15) is 18.1 Å². The summed E-state index contributed by atoms with van der Waals surface area (Å²) in [6.45, 7) is 1.25. The van der Waals surface area contributed by atoms with Gasteiger partial charge in [0, 0.05) is 19.8 Å². The zero-order chi connectivity index (χ0) is 21.4. The summed E-state index contributed by atoms with van der Waals surface area (Å²) >= 11 is 0. The van der Waals surface area contributed by atoms with E-state index in [1.54, 1.807) is 37.4 Å². The van der Waals surface area contributed by atoms with Gasteiger partial charge in [0.1, 0.15) is 23.7 Å². The van der Waals surface area contributed by atoms with E-state index in [0.29, 0.717) is 5.75 Å². The number of nitrogens with one attached hydrogen (secondary N) is 2. The Kier molecular flexibility index (Phi) is 7.70. The normalized spacial score (nSPS) is 12.5. The number of primary amides is 1. The van der Waals surface area contributed by atoms with E-state index in [4.69, 9.17) is 10.5 Å². The molecule has 0 saturated heterocycles. The van der Waals surface area contributed by atoms with Crippen molar-refractivity contribution in [2.45, 2.75) is 31.8 Å². The molecule has 7 nitrogen and oxygen atoms in total. The Morgan fingerprint density at radius 3 is 2.21 bits per heavy atom. The highest BCUT2D eigenvalue weighted by atomic mass is 19.1. The van der Waals surface area contributed by atoms with E-state index in [1.165, 1.54) is 25.1 Å². The van der Waals surface area contributed by atoms with E-state index >= 15 is 0 Å². The molecule has 0 radical (unpaired) electrons. The van der Waals surface area contributed by atoms with Crippen molar-refractivity contribution in [2.24, 2.45) is 5.73 Å². The molecule has 0 aliphatic heterocycles. The first-order valence-corrected chi connectivity index (χ1v) is 9.03. The van der Waals surface area contributed by atoms with Crippen LogP contribution in [-0.2, 0) is 27.2 Å². The van der Waals surface area contributed by atoms with Crippen molar-refractivity contribution in [3.05, 3.63) is 65.5 Å². The summed E-state index contributed by atoms with van der Waals surface area (Å²) in [7, 11) is 1.54. The van der Waals surface area contributed by atoms with Gasteiger partial charge >= 0.3 is 0 Å². The topological polar surface area (TPSA) is 111 Å². The molecule has 2 aromatic rings. The highest BCUT2D eigenvalue weighted by Gasteiger charge is 2.26. The molecule has 2 aromatic carbocycles. The number of halogens is 1. The lowest BCUT2D eigenvalue weighted by atomic mass is 10.0. The predicted molar refractivity (Wildman–Crippen MR) is 106 cm³/mol. The van der Waals surface area contributed by atoms with Gasteiger partial charge in [-0.05, 0) is 29.3 Å². The van der Waals surface area contributed by atoms with Gasteiger partial charge < -0.3 is 21.1 Å². The van der Waals surface area contributed by atoms with Crippen LogP contribution < -0.4 is 21.1 Å². The molecule has 0 heterocycles. The third-order valence-corrected chi connectivity index (χ3v) is 4.33. The van der Waals surface area contributed by atoms with Crippen molar-refractivity contribution in [3.8, 4) is 5.75 Å². The fourth-order valence-corrected chi connectivity index (χ4v) is 2.83. The number of carbonyl (C=O) groups is 3. The minimum absolute atomic E-state index is 0.0634. The molecule has 3 amide bonds. The average Bonchev–Trinajstić information content (AvgIpc) is 2.68. The predicted octanol–water partition coefficient (Wildman–Crippen LogP) is 1.09. The number of carbonyl (C=O) groups excluding carboxylic acids is 3. The molecule has 0 spiro atoms. The fraction of sp³-hybridized carbons (Fsp3) is 0.286. The number of methoxy groups -OCH3 is 1. The molecule has 0 bridgehead atoms. The number of amides is 3. The number of hydrogen-bond donors (Lipinski definition) is 3. The van der Waals surface area contributed by atoms with Crippen molar-refractivity contribution < 1.29 is 23.5 Å². The Morgan fingerprint density at radius 2 is 1.66 bits per heavy atom. The zero-order valence-corrected chi connectivity index (χ0v) is 16.3. The molecular formula is C21H24FN3O4. The van der Waals surface area contributed by atoms with E-state index in [0.717, 1.165) is 5.56 Å². The maximum absolute atomic E-state index is 14.0. The van der Waals surface area contributed by atoms with Crippen molar-refractivity contribution in [1.82, 2.24) is 10.6 Å². The lowest BCUT2D eigenvalue weighted by molar-refractivity contribution is -0.130. The first-order chi connectivity index (χ1) is 13.8. The number of ether oxygens (including phenoxy) is 1. The summed E-state index contributed by atoms with van der Waals surface area (Å²) in [4.78, 5) is 36.1. The second-order valence-corrected chi connectivity index (χ2v) is 6.56. The van der Waals surface area contributed by atoms with Gasteiger partial charge in [0.25, 0.3) is 0 Å². The van der Waals surface area contributed by atoms with Gasteiger partial charge in [-0.1, -0.05) is 30.3 Å². The standard InChI is InChI=1S/C21H24FN3O4/c1-13(26)24-19(12-15-5-3-4-6-17(15)22)21(28)25-18(20(23)27)11-14-7-9-16(29-2)10-8-14/h3-10,18-19H,11-12H2,1-2H3,(H2,23,27)(H,24,26)(H,25,28)/t18-,19-/m0/s1. The molecule has 4 N–H and O–H groups in total. The number of hydrogen-bond acceptors (Lipinski definition) is 4. The average molecular weight is 401 g/mol. The number of nitrogens with two attached hydrogens (primary N) is 1. The molecule has 0 aliphatic rings. The summed E-state index contributed by atoms with van der Waals surface area (Å²) in [6, 6.07) is 10.9. The van der Waals surface area contributed by atoms with E-state index in [9.17, 15) is 18.8 Å². The van der Waals surface area contributed by atoms with E-state index in [1.807, 2.05) is 0 Å². The second kappa shape index (κ2) is 10.2. The van der Waals surface area contributed by atoms with E-state index in [2.05, 4.69) is 10.6 Å². The van der Waals surface area contributed by atoms with Gasteiger partial charge in [-0.2, -0.15) is 0 Å². The smallest absolute Gasteiger partial charge is 0.243 e. The molecule has 2 atom stereocenters. The van der Waals surface area contributed by atoms with Gasteiger partial charge in [0.05, 0.1) is 7.11 Å². The largest absolute Gasteiger partial charge is 0.497 e. The Hall–Kier alpha value is -3.42. The monoisotopic (exact) mass is 401 g/mol. The molecule has 0 saturated carbocycles. The fourth-order valence-electron chi connectivity index (χ4n) is 2.83. The molecule has 2 rings (SSSR count). The Balaban J connectivity index is 2.13. The van der Waals surface area contributed by atoms with Gasteiger partial charge in [-0.15, -0.1) is 0 Å². The van der Waals surface area contributed by atoms with Crippen molar-refractivity contribution in [1.29, 1.82) is 0 Å². The highest BCUT2D eigenvalue weighted by Crippen LogP contribution is 2.13. The summed E-state index contributed by atoms with van der Waals surface area (Å²) in [5.41, 5.74) is 6.48. The molecule has 0 aromatic heterocycles. The summed E-state index contributed by atoms with van der Waals surface area (Å²) in [5, 5.41) is 5.05. The number of benzene rings is 2. The quantitative estimate of drug-likeness (QED) is 0.584. The Morgan fingerprint density at radius 1 is 1.00 bits per heavy atom. The molecule has 154 valence electrons. The van der Waals surface area contributed by atoms with Crippen LogP contribution in [0.25, 0.3) is 0 Å². The molecule has 0 aliphatic carbocycles. The SMILES string of the molecule is COc1ccc(C[C@H](NC(=O)[C@H](Cc2ccccc2F)NC(C)=O)C(N)=O)cc1. The van der Waals surface area contributed by atoms with E-state index in [-0.39, 0.29) is 18.4 Å². The molecule has 0 fully saturated rings. The maximum Gasteiger partial charge on any atom is 0.243 e. The van der Waals surface area contributed by atoms with Crippen LogP contribution in [0.4, 0.5) is 4.39 Å². The van der Waals surface area contributed by atoms with Crippen LogP contribution in [0.2, 0.25) is 0 Å². The second-order valence-electron chi connectivity index (χ2n) is 6.56. The minimum Gasteiger partial charge on any atom is -0.497 e. The summed E-state index contributed by atoms with van der Waals surface area (Å²) in [6.07, 6.45) is 0.101. The van der Waals surface area contributed by atoms with Crippen molar-refractivity contribution in [3.63, 3.8) is 0 Å². The van der Waals surface area contributed by atoms with Crippen molar-refractivity contribution in [2.75, 3.05) is 7.11 Å². The van der Waals surface area contributed by atoms with Crippen LogP contribution in [0.5, 0.6) is 5.75 Å². The first-order valence-electron chi connectivity index (χ1n) is 9.03. The maximum atomic E-state index is 14.0. The summed E-state index contributed by atoms with van der Waals surface area (Å²) in [5.74, 6) is -1.63. The first kappa shape index (κ1) is 21.9.